The third-order valence-electron chi connectivity index (χ3n) is 7.64. The monoisotopic (exact) mass is 526 g/mol. The molecule has 0 saturated heterocycles. The molecule has 0 aliphatic carbocycles. The van der Waals surface area contributed by atoms with Crippen LogP contribution < -0.4 is 10.1 Å². The number of carbonyl (C=O) groups is 2. The predicted molar refractivity (Wildman–Crippen MR) is 156 cm³/mol. The molecule has 0 aliphatic rings. The van der Waals surface area contributed by atoms with Gasteiger partial charge in [0.15, 0.2) is 6.10 Å². The highest BCUT2D eigenvalue weighted by Crippen LogP contribution is 2.33. The van der Waals surface area contributed by atoms with Crippen molar-refractivity contribution >= 4 is 22.8 Å². The Balaban J connectivity index is 1.60. The number of ether oxygens (including phenoxy) is 1. The van der Waals surface area contributed by atoms with E-state index in [1.54, 1.807) is 6.07 Å². The molecule has 4 aromatic rings. The van der Waals surface area contributed by atoms with Crippen molar-refractivity contribution in [1.82, 2.24) is 9.88 Å². The van der Waals surface area contributed by atoms with Gasteiger partial charge < -0.3 is 19.7 Å². The van der Waals surface area contributed by atoms with Crippen LogP contribution in [0.4, 0.5) is 0 Å². The lowest BCUT2D eigenvalue weighted by atomic mass is 9.98. The van der Waals surface area contributed by atoms with Crippen molar-refractivity contribution in [3.8, 4) is 5.75 Å². The Kier molecular flexibility index (Phi) is 8.14. The van der Waals surface area contributed by atoms with E-state index in [9.17, 15) is 14.7 Å². The van der Waals surface area contributed by atoms with Gasteiger partial charge in [0.05, 0.1) is 12.1 Å². The highest BCUT2D eigenvalue weighted by molar-refractivity contribution is 5.99. The first-order chi connectivity index (χ1) is 18.5. The molecule has 4 rings (SSSR count). The van der Waals surface area contributed by atoms with Crippen LogP contribution in [0.3, 0.4) is 0 Å². The minimum absolute atomic E-state index is 0.0298. The van der Waals surface area contributed by atoms with Crippen LogP contribution in [0.25, 0.3) is 10.9 Å². The van der Waals surface area contributed by atoms with Crippen molar-refractivity contribution in [3.63, 3.8) is 0 Å². The van der Waals surface area contributed by atoms with Gasteiger partial charge in [0, 0.05) is 22.2 Å². The maximum Gasteiger partial charge on any atom is 0.344 e. The summed E-state index contributed by atoms with van der Waals surface area (Å²) in [5, 5.41) is 13.4. The number of aryl methyl sites for hydroxylation is 1. The molecule has 0 radical (unpaired) electrons. The lowest BCUT2D eigenvalue weighted by Crippen LogP contribution is -2.26. The van der Waals surface area contributed by atoms with Crippen LogP contribution in [0.2, 0.25) is 0 Å². The highest BCUT2D eigenvalue weighted by Gasteiger charge is 2.20. The Bertz CT molecular complexity index is 1520. The molecular formula is C33H38N2O4. The van der Waals surface area contributed by atoms with Gasteiger partial charge in [-0.2, -0.15) is 0 Å². The molecule has 0 unspecified atom stereocenters. The van der Waals surface area contributed by atoms with Gasteiger partial charge in [0.1, 0.15) is 5.75 Å². The molecule has 0 saturated carbocycles. The number of hydrogen-bond acceptors (Lipinski definition) is 3. The molecular weight excluding hydrogens is 488 g/mol. The number of hydrogen-bond donors (Lipinski definition) is 2. The summed E-state index contributed by atoms with van der Waals surface area (Å²) in [5.41, 5.74) is 7.24. The number of amides is 1. The van der Waals surface area contributed by atoms with Crippen molar-refractivity contribution in [2.75, 3.05) is 0 Å². The fraction of sp³-hybridized carbons (Fsp3) is 0.333. The minimum atomic E-state index is -1.00. The van der Waals surface area contributed by atoms with Crippen LogP contribution in [0.15, 0.2) is 66.7 Å². The second kappa shape index (κ2) is 11.4. The Morgan fingerprint density at radius 2 is 1.51 bits per heavy atom. The molecule has 0 bridgehead atoms. The molecule has 39 heavy (non-hydrogen) atoms. The summed E-state index contributed by atoms with van der Waals surface area (Å²) in [5.74, 6) is -0.160. The van der Waals surface area contributed by atoms with E-state index < -0.39 is 12.1 Å². The zero-order chi connectivity index (χ0) is 28.4. The summed E-state index contributed by atoms with van der Waals surface area (Å²) in [4.78, 5) is 24.5. The number of carboxylic acid groups (broad SMARTS) is 1. The van der Waals surface area contributed by atoms with Gasteiger partial charge in [0.2, 0.25) is 0 Å². The van der Waals surface area contributed by atoms with Gasteiger partial charge in [-0.1, -0.05) is 50.2 Å². The van der Waals surface area contributed by atoms with Gasteiger partial charge >= 0.3 is 5.97 Å². The molecule has 1 aromatic heterocycles. The molecule has 6 nitrogen and oxygen atoms in total. The average molecular weight is 527 g/mol. The van der Waals surface area contributed by atoms with Gasteiger partial charge in [-0.15, -0.1) is 0 Å². The third kappa shape index (κ3) is 5.85. The van der Waals surface area contributed by atoms with E-state index in [1.165, 1.54) is 12.5 Å². The van der Waals surface area contributed by atoms with E-state index in [4.69, 9.17) is 4.74 Å². The Morgan fingerprint density at radius 3 is 2.21 bits per heavy atom. The first kappa shape index (κ1) is 28.0. The van der Waals surface area contributed by atoms with Gasteiger partial charge in [-0.25, -0.2) is 4.79 Å². The molecule has 2 N–H and O–H groups in total. The molecule has 204 valence electrons. The van der Waals surface area contributed by atoms with Crippen LogP contribution in [-0.4, -0.2) is 27.7 Å². The standard InChI is InChI=1S/C33H38N2O4/c1-19(2)25-10-8-11-26(16-25)21(4)34-32(36)28-14-15-31-30(18-28)20(3)22(5)35(31)23(6)27-12-9-13-29(17-27)39-24(7)33(37)38/h8-19,21,23-24H,1-7H3,(H,34,36)(H,37,38)/t21-,23+,24-/m0/s1. The number of benzene rings is 3. The molecule has 0 aliphatic heterocycles. The Morgan fingerprint density at radius 1 is 0.846 bits per heavy atom. The maximum atomic E-state index is 13.2. The van der Waals surface area contributed by atoms with E-state index in [0.29, 0.717) is 17.2 Å². The van der Waals surface area contributed by atoms with E-state index >= 15 is 0 Å². The van der Waals surface area contributed by atoms with Crippen LogP contribution in [0, 0.1) is 13.8 Å². The maximum absolute atomic E-state index is 13.2. The lowest BCUT2D eigenvalue weighted by molar-refractivity contribution is -0.144. The van der Waals surface area contributed by atoms with Crippen molar-refractivity contribution in [2.24, 2.45) is 0 Å². The second-order valence-corrected chi connectivity index (χ2v) is 10.7. The first-order valence-corrected chi connectivity index (χ1v) is 13.5. The third-order valence-corrected chi connectivity index (χ3v) is 7.64. The smallest absolute Gasteiger partial charge is 0.344 e. The second-order valence-electron chi connectivity index (χ2n) is 10.7. The lowest BCUT2D eigenvalue weighted by Gasteiger charge is -2.20. The molecule has 0 fully saturated rings. The minimum Gasteiger partial charge on any atom is -0.479 e. The molecule has 0 spiro atoms. The van der Waals surface area contributed by atoms with Gasteiger partial charge in [0.25, 0.3) is 5.91 Å². The SMILES string of the molecule is Cc1c(C)n([C@H](C)c2cccc(O[C@@H](C)C(=O)O)c2)c2ccc(C(=O)N[C@@H](C)c3cccc(C(C)C)c3)cc12. The van der Waals surface area contributed by atoms with Crippen molar-refractivity contribution in [2.45, 2.75) is 72.6 Å². The average Bonchev–Trinajstić information content (AvgIpc) is 3.17. The quantitative estimate of drug-likeness (QED) is 0.239. The van der Waals surface area contributed by atoms with E-state index in [0.717, 1.165) is 33.3 Å². The number of carbonyl (C=O) groups excluding carboxylic acids is 1. The van der Waals surface area contributed by atoms with Crippen LogP contribution >= 0.6 is 0 Å². The number of aliphatic carboxylic acids is 1. The van der Waals surface area contributed by atoms with Gasteiger partial charge in [-0.05, 0) is 93.1 Å². The molecule has 3 atom stereocenters. The van der Waals surface area contributed by atoms with Crippen LogP contribution in [0.5, 0.6) is 5.75 Å². The predicted octanol–water partition coefficient (Wildman–Crippen LogP) is 7.33. The number of rotatable bonds is 9. The zero-order valence-corrected chi connectivity index (χ0v) is 23.8. The summed E-state index contributed by atoms with van der Waals surface area (Å²) in [6, 6.07) is 21.7. The highest BCUT2D eigenvalue weighted by atomic mass is 16.5. The largest absolute Gasteiger partial charge is 0.479 e. The number of carboxylic acids is 1. The summed E-state index contributed by atoms with van der Waals surface area (Å²) in [7, 11) is 0. The Labute approximate surface area is 230 Å². The molecule has 1 amide bonds. The number of nitrogens with one attached hydrogen (secondary N) is 1. The number of aromatic nitrogens is 1. The molecule has 3 aromatic carbocycles. The zero-order valence-electron chi connectivity index (χ0n) is 23.8. The van der Waals surface area contributed by atoms with Crippen LogP contribution in [0.1, 0.15) is 90.9 Å². The number of nitrogens with zero attached hydrogens (tertiary/aromatic N) is 1. The van der Waals surface area contributed by atoms with E-state index in [-0.39, 0.29) is 18.0 Å². The van der Waals surface area contributed by atoms with E-state index in [2.05, 4.69) is 62.7 Å². The fourth-order valence-electron chi connectivity index (χ4n) is 5.05. The first-order valence-electron chi connectivity index (χ1n) is 13.5. The van der Waals surface area contributed by atoms with Crippen molar-refractivity contribution in [3.05, 3.63) is 100 Å². The van der Waals surface area contributed by atoms with E-state index in [1.807, 2.05) is 49.4 Å². The Hall–Kier alpha value is -4.06. The summed E-state index contributed by atoms with van der Waals surface area (Å²) in [6.07, 6.45) is -0.932. The van der Waals surface area contributed by atoms with Crippen molar-refractivity contribution < 1.29 is 19.4 Å². The molecule has 1 heterocycles. The normalized spacial score (nSPS) is 13.7. The van der Waals surface area contributed by atoms with Crippen LogP contribution in [-0.2, 0) is 4.79 Å². The van der Waals surface area contributed by atoms with Crippen molar-refractivity contribution in [1.29, 1.82) is 0 Å². The van der Waals surface area contributed by atoms with Gasteiger partial charge in [-0.3, -0.25) is 4.79 Å². The molecule has 6 heteroatoms. The summed E-state index contributed by atoms with van der Waals surface area (Å²) >= 11 is 0. The fourth-order valence-corrected chi connectivity index (χ4v) is 5.05. The summed E-state index contributed by atoms with van der Waals surface area (Å²) in [6.45, 7) is 14.1. The summed E-state index contributed by atoms with van der Waals surface area (Å²) < 4.78 is 7.85. The number of fused-ring (bicyclic) bond motifs is 1. The topological polar surface area (TPSA) is 80.6 Å².